The molecule has 1 saturated heterocycles. The van der Waals surface area contributed by atoms with Crippen molar-refractivity contribution in [1.29, 1.82) is 0 Å². The predicted octanol–water partition coefficient (Wildman–Crippen LogP) is 7.24. The Hall–Kier alpha value is -4.51. The maximum Gasteiger partial charge on any atom is 0.339 e. The lowest BCUT2D eigenvalue weighted by atomic mass is 9.69. The second kappa shape index (κ2) is 14.1. The number of carbonyl (C=O) groups excluding carboxylic acids is 2. The van der Waals surface area contributed by atoms with Gasteiger partial charge in [-0.15, -0.1) is 0 Å². The third-order valence-corrected chi connectivity index (χ3v) is 9.42. The minimum absolute atomic E-state index is 0.172. The van der Waals surface area contributed by atoms with Gasteiger partial charge in [-0.1, -0.05) is 48.5 Å². The number of urea groups is 1. The fraction of sp³-hybridized carbons (Fsp3) is 0.270. The molecule has 47 heavy (non-hydrogen) atoms. The number of amides is 2. The molecule has 2 aromatic heterocycles. The van der Waals surface area contributed by atoms with Crippen molar-refractivity contribution in [1.82, 2.24) is 14.5 Å². The molecule has 9 nitrogen and oxygen atoms in total. The number of para-hydroxylation sites is 2. The third-order valence-electron chi connectivity index (χ3n) is 8.99. The Bertz CT molecular complexity index is 1820. The van der Waals surface area contributed by atoms with Gasteiger partial charge in [-0.2, -0.15) is 0 Å². The van der Waals surface area contributed by atoms with Crippen LogP contribution in [-0.4, -0.2) is 59.8 Å². The SMILES string of the molecule is COC12CC(COC(=O)c3cncc(Br)c3)CN(C)C1Cc1cn(C)c3cccc2c13.O=C(Nc1ccccc1)Nc1ccccc1. The van der Waals surface area contributed by atoms with Crippen LogP contribution < -0.4 is 10.6 Å². The number of hydrogen-bond acceptors (Lipinski definition) is 6. The molecule has 2 aliphatic rings. The molecule has 2 N–H and O–H groups in total. The number of nitrogens with zero attached hydrogens (tertiary/aromatic N) is 3. The van der Waals surface area contributed by atoms with E-state index in [0.717, 1.165) is 35.2 Å². The Morgan fingerprint density at radius 1 is 0.957 bits per heavy atom. The molecule has 7 rings (SSSR count). The Morgan fingerprint density at radius 3 is 2.28 bits per heavy atom. The number of aromatic nitrogens is 2. The van der Waals surface area contributed by atoms with Crippen LogP contribution in [0.15, 0.2) is 108 Å². The Kier molecular flexibility index (Phi) is 9.72. The van der Waals surface area contributed by atoms with Crippen molar-refractivity contribution in [3.05, 3.63) is 125 Å². The minimum Gasteiger partial charge on any atom is -0.462 e. The van der Waals surface area contributed by atoms with Gasteiger partial charge >= 0.3 is 12.0 Å². The monoisotopic (exact) mass is 695 g/mol. The van der Waals surface area contributed by atoms with Gasteiger partial charge < -0.3 is 24.7 Å². The number of methoxy groups -OCH3 is 1. The van der Waals surface area contributed by atoms with Gasteiger partial charge in [0.25, 0.3) is 0 Å². The van der Waals surface area contributed by atoms with Crippen molar-refractivity contribution in [2.45, 2.75) is 24.5 Å². The second-order valence-electron chi connectivity index (χ2n) is 12.1. The zero-order valence-corrected chi connectivity index (χ0v) is 28.2. The largest absolute Gasteiger partial charge is 0.462 e. The fourth-order valence-corrected chi connectivity index (χ4v) is 7.33. The third kappa shape index (κ3) is 6.95. The average molecular weight is 697 g/mol. The topological polar surface area (TPSA) is 97.7 Å². The van der Waals surface area contributed by atoms with Gasteiger partial charge in [-0.05, 0) is 83.3 Å². The van der Waals surface area contributed by atoms with E-state index in [1.54, 1.807) is 12.3 Å². The van der Waals surface area contributed by atoms with E-state index in [1.165, 1.54) is 28.2 Å². The number of aryl methyl sites for hydroxylation is 1. The normalized spacial score (nSPS) is 20.0. The number of anilines is 2. The molecular formula is C37H38BrN5O4. The highest BCUT2D eigenvalue weighted by atomic mass is 79.9. The van der Waals surface area contributed by atoms with Crippen molar-refractivity contribution in [3.63, 3.8) is 0 Å². The molecule has 0 saturated carbocycles. The molecule has 1 aliphatic heterocycles. The summed E-state index contributed by atoms with van der Waals surface area (Å²) < 4.78 is 15.0. The van der Waals surface area contributed by atoms with Crippen LogP contribution in [-0.2, 0) is 28.5 Å². The summed E-state index contributed by atoms with van der Waals surface area (Å²) in [7, 11) is 6.07. The first-order valence-corrected chi connectivity index (χ1v) is 16.3. The van der Waals surface area contributed by atoms with Crippen LogP contribution in [0.5, 0.6) is 0 Å². The minimum atomic E-state index is -0.421. The zero-order chi connectivity index (χ0) is 33.0. The molecule has 0 bridgehead atoms. The first kappa shape index (κ1) is 32.4. The van der Waals surface area contributed by atoms with E-state index >= 15 is 0 Å². The average Bonchev–Trinajstić information content (AvgIpc) is 3.41. The Labute approximate surface area is 283 Å². The zero-order valence-electron chi connectivity index (χ0n) is 26.7. The van der Waals surface area contributed by atoms with Crippen molar-refractivity contribution < 1.29 is 19.1 Å². The number of benzene rings is 3. The summed E-state index contributed by atoms with van der Waals surface area (Å²) >= 11 is 3.35. The fourth-order valence-electron chi connectivity index (χ4n) is 6.96. The number of pyridine rings is 1. The molecule has 3 unspecified atom stereocenters. The number of hydrogen-bond donors (Lipinski definition) is 2. The van der Waals surface area contributed by atoms with Crippen molar-refractivity contribution >= 4 is 50.2 Å². The van der Waals surface area contributed by atoms with Crippen LogP contribution in [0.25, 0.3) is 10.9 Å². The quantitative estimate of drug-likeness (QED) is 0.182. The van der Waals surface area contributed by atoms with Crippen LogP contribution in [0, 0.1) is 5.92 Å². The number of piperidine rings is 1. The van der Waals surface area contributed by atoms with E-state index in [2.05, 4.69) is 79.5 Å². The van der Waals surface area contributed by atoms with E-state index in [1.807, 2.05) is 67.8 Å². The summed E-state index contributed by atoms with van der Waals surface area (Å²) in [4.78, 5) is 30.5. The molecule has 2 amide bonds. The number of esters is 1. The molecule has 3 heterocycles. The maximum absolute atomic E-state index is 12.5. The highest BCUT2D eigenvalue weighted by Crippen LogP contribution is 2.49. The summed E-state index contributed by atoms with van der Waals surface area (Å²) in [6.45, 7) is 1.21. The number of halogens is 1. The first-order chi connectivity index (χ1) is 22.8. The highest BCUT2D eigenvalue weighted by Gasteiger charge is 2.51. The van der Waals surface area contributed by atoms with E-state index in [0.29, 0.717) is 12.2 Å². The maximum atomic E-state index is 12.5. The molecule has 0 spiro atoms. The van der Waals surface area contributed by atoms with Crippen LogP contribution in [0.3, 0.4) is 0 Å². The Morgan fingerprint density at radius 2 is 1.64 bits per heavy atom. The van der Waals surface area contributed by atoms with Gasteiger partial charge in [-0.3, -0.25) is 9.88 Å². The van der Waals surface area contributed by atoms with E-state index in [4.69, 9.17) is 9.47 Å². The number of nitrogens with one attached hydrogen (secondary N) is 2. The summed E-state index contributed by atoms with van der Waals surface area (Å²) in [5, 5.41) is 6.79. The number of rotatable bonds is 6. The summed E-state index contributed by atoms with van der Waals surface area (Å²) in [5.41, 5.74) is 5.44. The molecule has 10 heteroatoms. The molecule has 242 valence electrons. The molecular weight excluding hydrogens is 658 g/mol. The van der Waals surface area contributed by atoms with E-state index < -0.39 is 5.60 Å². The predicted molar refractivity (Wildman–Crippen MR) is 188 cm³/mol. The molecule has 1 aliphatic carbocycles. The number of ether oxygens (including phenoxy) is 2. The lowest BCUT2D eigenvalue weighted by molar-refractivity contribution is -0.131. The number of carbonyl (C=O) groups is 2. The molecule has 5 aromatic rings. The standard InChI is InChI=1S/C24H26BrN3O3.C13H12N2O/c1-27-13-17-8-21-24(30-3,19-5-4-6-20(27)22(17)19)9-15(12-28(21)2)14-31-23(29)16-7-18(25)11-26-10-16;16-13(14-11-7-3-1-4-8-11)15-12-9-5-2-6-10-12/h4-7,10-11,13,15,21H,8-9,12,14H2,1-3H3;1-10H,(H2,14,15,16). The molecule has 1 fully saturated rings. The second-order valence-corrected chi connectivity index (χ2v) is 13.0. The van der Waals surface area contributed by atoms with Crippen molar-refractivity contribution in [2.75, 3.05) is 37.9 Å². The van der Waals surface area contributed by atoms with E-state index in [-0.39, 0.29) is 24.0 Å². The number of fused-ring (bicyclic) bond motifs is 2. The highest BCUT2D eigenvalue weighted by molar-refractivity contribution is 9.10. The van der Waals surface area contributed by atoms with Crippen LogP contribution >= 0.6 is 15.9 Å². The first-order valence-electron chi connectivity index (χ1n) is 15.6. The van der Waals surface area contributed by atoms with E-state index in [9.17, 15) is 9.59 Å². The lowest BCUT2D eigenvalue weighted by Crippen LogP contribution is -2.59. The number of likely N-dealkylation sites (N-methyl/N-ethyl adjacent to an activating group) is 1. The van der Waals surface area contributed by atoms with Gasteiger partial charge in [0, 0.05) is 78.0 Å². The summed E-state index contributed by atoms with van der Waals surface area (Å²) in [5.74, 6) is -0.174. The van der Waals surface area contributed by atoms with Gasteiger partial charge in [-0.25, -0.2) is 9.59 Å². The van der Waals surface area contributed by atoms with Crippen molar-refractivity contribution in [2.24, 2.45) is 13.0 Å². The summed E-state index contributed by atoms with van der Waals surface area (Å²) in [6.07, 6.45) is 7.20. The molecule has 0 radical (unpaired) electrons. The van der Waals surface area contributed by atoms with Crippen LogP contribution in [0.2, 0.25) is 0 Å². The van der Waals surface area contributed by atoms with Gasteiger partial charge in [0.05, 0.1) is 12.2 Å². The van der Waals surface area contributed by atoms with Gasteiger partial charge in [0.1, 0.15) is 5.60 Å². The van der Waals surface area contributed by atoms with Crippen LogP contribution in [0.1, 0.15) is 27.9 Å². The van der Waals surface area contributed by atoms with Crippen LogP contribution in [0.4, 0.5) is 16.2 Å². The van der Waals surface area contributed by atoms with Gasteiger partial charge in [0.15, 0.2) is 0 Å². The Balaban J connectivity index is 0.000000203. The smallest absolute Gasteiger partial charge is 0.339 e. The molecule has 3 aromatic carbocycles. The lowest BCUT2D eigenvalue weighted by Gasteiger charge is -2.53. The van der Waals surface area contributed by atoms with Crippen molar-refractivity contribution in [3.8, 4) is 0 Å². The number of likely N-dealkylation sites (tertiary alicyclic amines) is 1. The van der Waals surface area contributed by atoms with Gasteiger partial charge in [0.2, 0.25) is 0 Å². The molecule has 3 atom stereocenters. The summed E-state index contributed by atoms with van der Waals surface area (Å²) in [6, 6.07) is 26.9.